The lowest BCUT2D eigenvalue weighted by molar-refractivity contribution is -0.133. The van der Waals surface area contributed by atoms with E-state index in [1.807, 2.05) is 53.6 Å². The molecule has 2 aromatic carbocycles. The van der Waals surface area contributed by atoms with Crippen LogP contribution in [-0.4, -0.2) is 55.1 Å². The van der Waals surface area contributed by atoms with Crippen LogP contribution in [0.15, 0.2) is 48.7 Å². The number of fused-ring (bicyclic) bond motifs is 1. The van der Waals surface area contributed by atoms with Crippen LogP contribution in [0, 0.1) is 11.3 Å². The smallest absolute Gasteiger partial charge is 0.260 e. The zero-order chi connectivity index (χ0) is 20.9. The van der Waals surface area contributed by atoms with Gasteiger partial charge >= 0.3 is 0 Å². The van der Waals surface area contributed by atoms with Crippen LogP contribution in [0.2, 0.25) is 0 Å². The Morgan fingerprint density at radius 1 is 1.09 bits per heavy atom. The predicted molar refractivity (Wildman–Crippen MR) is 131 cm³/mol. The number of aromatic nitrogens is 1. The van der Waals surface area contributed by atoms with Crippen LogP contribution in [0.3, 0.4) is 0 Å². The lowest BCUT2D eigenvalue weighted by Crippen LogP contribution is -2.50. The van der Waals surface area contributed by atoms with Gasteiger partial charge in [0.05, 0.1) is 11.6 Å². The summed E-state index contributed by atoms with van der Waals surface area (Å²) in [4.78, 5) is 19.9. The Balaban J connectivity index is 0.00000181. The number of benzene rings is 2. The number of rotatable bonds is 6. The van der Waals surface area contributed by atoms with Crippen molar-refractivity contribution < 1.29 is 9.53 Å². The van der Waals surface area contributed by atoms with Gasteiger partial charge < -0.3 is 25.3 Å². The van der Waals surface area contributed by atoms with Crippen LogP contribution >= 0.6 is 24.8 Å². The Labute approximate surface area is 199 Å². The zero-order valence-electron chi connectivity index (χ0n) is 17.6. The average molecular weight is 476 g/mol. The van der Waals surface area contributed by atoms with E-state index >= 15 is 0 Å². The molecular formula is C23H27Cl2N5O2. The van der Waals surface area contributed by atoms with Gasteiger partial charge in [-0.1, -0.05) is 0 Å². The first-order valence-corrected chi connectivity index (χ1v) is 10.1. The lowest BCUT2D eigenvalue weighted by Gasteiger charge is -2.36. The third-order valence-electron chi connectivity index (χ3n) is 5.51. The molecule has 32 heavy (non-hydrogen) atoms. The second kappa shape index (κ2) is 11.6. The molecule has 9 heteroatoms. The summed E-state index contributed by atoms with van der Waals surface area (Å²) < 4.78 is 5.79. The number of halogens is 2. The van der Waals surface area contributed by atoms with E-state index in [4.69, 9.17) is 15.7 Å². The SMILES string of the molecule is Cl.Cl.N#Cc1ccc(N2CCN(C(=O)COc3ccc4[nH]cc(CCN)c4c3)CC2)cc1. The molecule has 0 aliphatic carbocycles. The number of carbonyl (C=O) groups is 1. The molecule has 4 rings (SSSR count). The maximum atomic E-state index is 12.6. The van der Waals surface area contributed by atoms with Crippen molar-refractivity contribution >= 4 is 47.3 Å². The molecule has 3 aromatic rings. The number of anilines is 1. The minimum Gasteiger partial charge on any atom is -0.484 e. The summed E-state index contributed by atoms with van der Waals surface area (Å²) in [6.45, 7) is 3.44. The van der Waals surface area contributed by atoms with Crippen molar-refractivity contribution in [1.82, 2.24) is 9.88 Å². The van der Waals surface area contributed by atoms with Crippen molar-refractivity contribution in [2.24, 2.45) is 5.73 Å². The molecule has 1 fully saturated rings. The van der Waals surface area contributed by atoms with E-state index in [9.17, 15) is 4.79 Å². The normalized spacial score (nSPS) is 13.1. The minimum atomic E-state index is -0.00849. The molecule has 0 bridgehead atoms. The van der Waals surface area contributed by atoms with Crippen LogP contribution in [0.1, 0.15) is 11.1 Å². The summed E-state index contributed by atoms with van der Waals surface area (Å²) in [5, 5.41) is 10.0. The van der Waals surface area contributed by atoms with Gasteiger partial charge in [-0.15, -0.1) is 24.8 Å². The molecule has 1 aliphatic heterocycles. The van der Waals surface area contributed by atoms with Gasteiger partial charge in [0.25, 0.3) is 5.91 Å². The fraction of sp³-hybridized carbons (Fsp3) is 0.304. The number of amides is 1. The fourth-order valence-electron chi connectivity index (χ4n) is 3.81. The van der Waals surface area contributed by atoms with Crippen molar-refractivity contribution in [1.29, 1.82) is 5.26 Å². The molecule has 0 atom stereocenters. The number of ether oxygens (including phenoxy) is 1. The van der Waals surface area contributed by atoms with Gasteiger partial charge in [0.1, 0.15) is 5.75 Å². The van der Waals surface area contributed by atoms with Gasteiger partial charge in [-0.2, -0.15) is 5.26 Å². The van der Waals surface area contributed by atoms with Gasteiger partial charge in [0, 0.05) is 49.0 Å². The maximum Gasteiger partial charge on any atom is 0.260 e. The number of carbonyl (C=O) groups excluding carboxylic acids is 1. The van der Waals surface area contributed by atoms with E-state index in [1.165, 1.54) is 0 Å². The number of nitriles is 1. The monoisotopic (exact) mass is 475 g/mol. The molecule has 0 unspecified atom stereocenters. The van der Waals surface area contributed by atoms with E-state index in [0.29, 0.717) is 30.9 Å². The van der Waals surface area contributed by atoms with Crippen molar-refractivity contribution in [3.05, 3.63) is 59.8 Å². The second-order valence-corrected chi connectivity index (χ2v) is 7.38. The van der Waals surface area contributed by atoms with Crippen LogP contribution in [0.25, 0.3) is 10.9 Å². The number of nitrogens with zero attached hydrogens (tertiary/aromatic N) is 3. The van der Waals surface area contributed by atoms with Gasteiger partial charge in [-0.25, -0.2) is 0 Å². The van der Waals surface area contributed by atoms with Crippen molar-refractivity contribution in [3.8, 4) is 11.8 Å². The number of hydrogen-bond donors (Lipinski definition) is 2. The summed E-state index contributed by atoms with van der Waals surface area (Å²) in [5.41, 5.74) is 9.60. The largest absolute Gasteiger partial charge is 0.484 e. The summed E-state index contributed by atoms with van der Waals surface area (Å²) in [5.74, 6) is 0.677. The van der Waals surface area contributed by atoms with Gasteiger partial charge in [-0.3, -0.25) is 4.79 Å². The van der Waals surface area contributed by atoms with Crippen molar-refractivity contribution in [2.45, 2.75) is 6.42 Å². The third-order valence-corrected chi connectivity index (χ3v) is 5.51. The number of piperazine rings is 1. The molecule has 2 heterocycles. The standard InChI is InChI=1S/C23H25N5O2.2ClH/c24-8-7-18-15-26-22-6-5-20(13-21(18)22)30-16-23(29)28-11-9-27(10-12-28)19-3-1-17(14-25)2-4-19;;/h1-6,13,15,26H,7-12,16,24H2;2*1H. The van der Waals surface area contributed by atoms with Gasteiger partial charge in [0.2, 0.25) is 0 Å². The molecule has 3 N–H and O–H groups in total. The van der Waals surface area contributed by atoms with Gasteiger partial charge in [0.15, 0.2) is 6.61 Å². The van der Waals surface area contributed by atoms with E-state index in [2.05, 4.69) is 16.0 Å². The predicted octanol–water partition coefficient (Wildman–Crippen LogP) is 3.11. The first kappa shape index (κ1) is 25.3. The fourth-order valence-corrected chi connectivity index (χ4v) is 3.81. The average Bonchev–Trinajstić information content (AvgIpc) is 3.20. The number of nitrogens with two attached hydrogens (primary N) is 1. The molecule has 0 saturated carbocycles. The van der Waals surface area contributed by atoms with Crippen LogP contribution in [0.5, 0.6) is 5.75 Å². The van der Waals surface area contributed by atoms with Crippen LogP contribution in [0.4, 0.5) is 5.69 Å². The van der Waals surface area contributed by atoms with Crippen molar-refractivity contribution in [2.75, 3.05) is 44.2 Å². The van der Waals surface area contributed by atoms with E-state index in [-0.39, 0.29) is 37.3 Å². The highest BCUT2D eigenvalue weighted by Crippen LogP contribution is 2.24. The zero-order valence-corrected chi connectivity index (χ0v) is 19.3. The number of H-pyrrole nitrogens is 1. The third kappa shape index (κ3) is 5.65. The number of aromatic amines is 1. The highest BCUT2D eigenvalue weighted by Gasteiger charge is 2.21. The lowest BCUT2D eigenvalue weighted by atomic mass is 10.1. The summed E-state index contributed by atoms with van der Waals surface area (Å²) >= 11 is 0. The van der Waals surface area contributed by atoms with E-state index in [0.717, 1.165) is 41.7 Å². The molecular weight excluding hydrogens is 449 g/mol. The highest BCUT2D eigenvalue weighted by atomic mass is 35.5. The minimum absolute atomic E-state index is 0. The maximum absolute atomic E-state index is 12.6. The van der Waals surface area contributed by atoms with Crippen LogP contribution < -0.4 is 15.4 Å². The Morgan fingerprint density at radius 2 is 1.81 bits per heavy atom. The van der Waals surface area contributed by atoms with Crippen LogP contribution in [-0.2, 0) is 11.2 Å². The summed E-state index contributed by atoms with van der Waals surface area (Å²) in [6, 6.07) is 15.5. The van der Waals surface area contributed by atoms with Gasteiger partial charge in [-0.05, 0) is 61.0 Å². The molecule has 7 nitrogen and oxygen atoms in total. The molecule has 0 spiro atoms. The molecule has 1 aliphatic rings. The number of hydrogen-bond acceptors (Lipinski definition) is 5. The Hall–Kier alpha value is -2.92. The topological polar surface area (TPSA) is 98.4 Å². The molecule has 1 amide bonds. The first-order valence-electron chi connectivity index (χ1n) is 10.1. The quantitative estimate of drug-likeness (QED) is 0.570. The van der Waals surface area contributed by atoms with Crippen molar-refractivity contribution in [3.63, 3.8) is 0 Å². The number of nitrogens with one attached hydrogen (secondary N) is 1. The first-order chi connectivity index (χ1) is 14.7. The Morgan fingerprint density at radius 3 is 2.47 bits per heavy atom. The second-order valence-electron chi connectivity index (χ2n) is 7.38. The summed E-state index contributed by atoms with van der Waals surface area (Å²) in [6.07, 6.45) is 2.77. The Kier molecular flexibility index (Phi) is 9.21. The molecule has 1 saturated heterocycles. The molecule has 0 radical (unpaired) electrons. The Bertz CT molecular complexity index is 1070. The van der Waals surface area contributed by atoms with E-state index < -0.39 is 0 Å². The van der Waals surface area contributed by atoms with E-state index in [1.54, 1.807) is 0 Å². The molecule has 170 valence electrons. The highest BCUT2D eigenvalue weighted by molar-refractivity contribution is 5.86. The molecule has 1 aromatic heterocycles. The summed E-state index contributed by atoms with van der Waals surface area (Å²) in [7, 11) is 0.